The van der Waals surface area contributed by atoms with Gasteiger partial charge < -0.3 is 30.8 Å². The second-order valence-corrected chi connectivity index (χ2v) is 19.3. The average molecular weight is 998 g/mol. The van der Waals surface area contributed by atoms with Gasteiger partial charge in [-0.05, 0) is 122 Å². The molecule has 16 nitrogen and oxygen atoms in total. The lowest BCUT2D eigenvalue weighted by atomic mass is 9.88. The first kappa shape index (κ1) is 49.3. The van der Waals surface area contributed by atoms with Crippen molar-refractivity contribution in [1.29, 1.82) is 5.41 Å². The number of carboxylic acids is 1. The van der Waals surface area contributed by atoms with Crippen LogP contribution in [0.1, 0.15) is 75.2 Å². The van der Waals surface area contributed by atoms with E-state index in [1.807, 2.05) is 48.2 Å². The number of hydrogen-bond donors (Lipinski definition) is 6. The molecule has 6 aromatic rings. The van der Waals surface area contributed by atoms with Crippen LogP contribution in [0.15, 0.2) is 91.0 Å². The van der Waals surface area contributed by atoms with Crippen LogP contribution in [0.2, 0.25) is 0 Å². The van der Waals surface area contributed by atoms with Gasteiger partial charge >= 0.3 is 5.97 Å². The average Bonchev–Trinajstić information content (AvgIpc) is 3.77. The number of benzene rings is 4. The number of hydrogen-bond acceptors (Lipinski definition) is 13. The molecule has 5 heterocycles. The number of aromatic carboxylic acids is 1. The third-order valence-electron chi connectivity index (χ3n) is 13.6. The first-order valence-electron chi connectivity index (χ1n) is 23.8. The Kier molecular flexibility index (Phi) is 14.4. The maximum absolute atomic E-state index is 15.6. The number of rotatable bonds is 16. The highest BCUT2D eigenvalue weighted by Gasteiger charge is 2.44. The number of piperidine rings is 2. The Balaban J connectivity index is 0.778. The molecule has 0 aliphatic carbocycles. The maximum atomic E-state index is 15.6. The number of carbonyl (C=O) groups is 5. The van der Waals surface area contributed by atoms with Crippen LogP contribution in [0.25, 0.3) is 21.3 Å². The van der Waals surface area contributed by atoms with Crippen LogP contribution in [-0.2, 0) is 27.3 Å². The lowest BCUT2D eigenvalue weighted by Gasteiger charge is -2.38. The van der Waals surface area contributed by atoms with Crippen molar-refractivity contribution in [3.05, 3.63) is 125 Å². The van der Waals surface area contributed by atoms with E-state index in [9.17, 15) is 29.1 Å². The van der Waals surface area contributed by atoms with E-state index in [0.29, 0.717) is 88.4 Å². The molecule has 4 amide bonds. The number of thiazole rings is 1. The SMILES string of the molecule is CNc1cc(NC(=O)CN2CC[C@H](CCCOc3cccc(-c4ccc(N5CCc6cccc(C(=O)Nc7nc8ccccc8s7)c6C5)nc4C(=O)O)c3C)C(F)(F)C2)ccc1C(=N)C1CCC(=O)NC1=O. The number of alkyl halides is 2. The number of amides is 4. The predicted molar refractivity (Wildman–Crippen MR) is 272 cm³/mol. The van der Waals surface area contributed by atoms with Gasteiger partial charge in [-0.2, -0.15) is 0 Å². The normalized spacial score (nSPS) is 17.7. The first-order valence-corrected chi connectivity index (χ1v) is 24.6. The van der Waals surface area contributed by atoms with E-state index >= 15 is 8.78 Å². The zero-order chi connectivity index (χ0) is 50.7. The molecule has 4 aromatic carbocycles. The number of imide groups is 1. The summed E-state index contributed by atoms with van der Waals surface area (Å²) >= 11 is 1.40. The van der Waals surface area contributed by atoms with Crippen LogP contribution >= 0.6 is 11.3 Å². The Morgan fingerprint density at radius 3 is 2.53 bits per heavy atom. The highest BCUT2D eigenvalue weighted by molar-refractivity contribution is 7.22. The molecule has 6 N–H and O–H groups in total. The van der Waals surface area contributed by atoms with Crippen molar-refractivity contribution >= 4 is 79.2 Å². The second-order valence-electron chi connectivity index (χ2n) is 18.3. The highest BCUT2D eigenvalue weighted by atomic mass is 32.1. The van der Waals surface area contributed by atoms with Crippen molar-refractivity contribution in [2.75, 3.05) is 60.7 Å². The van der Waals surface area contributed by atoms with E-state index in [1.54, 1.807) is 61.6 Å². The van der Waals surface area contributed by atoms with E-state index < -0.39 is 42.1 Å². The molecule has 2 saturated heterocycles. The number of likely N-dealkylation sites (tertiary alicyclic amines) is 1. The molecule has 0 saturated carbocycles. The summed E-state index contributed by atoms with van der Waals surface area (Å²) < 4.78 is 38.3. The molecule has 0 spiro atoms. The summed E-state index contributed by atoms with van der Waals surface area (Å²) in [7, 11) is 1.64. The summed E-state index contributed by atoms with van der Waals surface area (Å²) in [6.45, 7) is 2.36. The topological polar surface area (TPSA) is 219 Å². The van der Waals surface area contributed by atoms with E-state index in [0.717, 1.165) is 21.3 Å². The van der Waals surface area contributed by atoms with Crippen molar-refractivity contribution in [3.63, 3.8) is 0 Å². The lowest BCUT2D eigenvalue weighted by Crippen LogP contribution is -2.50. The number of anilines is 4. The quantitative estimate of drug-likeness (QED) is 0.0306. The number of nitrogens with zero attached hydrogens (tertiary/aromatic N) is 4. The molecule has 1 unspecified atom stereocenters. The Hall–Kier alpha value is -7.64. The van der Waals surface area contributed by atoms with Crippen LogP contribution in [-0.4, -0.2) is 101 Å². The number of fused-ring (bicyclic) bond motifs is 2. The Morgan fingerprint density at radius 1 is 0.931 bits per heavy atom. The molecule has 3 aliphatic rings. The number of pyridine rings is 1. The Morgan fingerprint density at radius 2 is 1.75 bits per heavy atom. The van der Waals surface area contributed by atoms with Gasteiger partial charge in [-0.25, -0.2) is 23.5 Å². The lowest BCUT2D eigenvalue weighted by molar-refractivity contribution is -0.134. The van der Waals surface area contributed by atoms with Gasteiger partial charge in [0, 0.05) is 60.5 Å². The molecule has 2 atom stereocenters. The van der Waals surface area contributed by atoms with Crippen LogP contribution in [0, 0.1) is 24.2 Å². The summed E-state index contributed by atoms with van der Waals surface area (Å²) in [5.41, 5.74) is 6.07. The minimum absolute atomic E-state index is 0.0405. The predicted octanol–water partition coefficient (Wildman–Crippen LogP) is 8.40. The number of halogens is 2. The molecular weight excluding hydrogens is 945 g/mol. The van der Waals surface area contributed by atoms with Crippen LogP contribution in [0.4, 0.5) is 31.1 Å². The summed E-state index contributed by atoms with van der Waals surface area (Å²) in [6.07, 6.45) is 1.71. The molecule has 372 valence electrons. The van der Waals surface area contributed by atoms with E-state index in [2.05, 4.69) is 31.2 Å². The van der Waals surface area contributed by atoms with Crippen LogP contribution in [0.3, 0.4) is 0 Å². The van der Waals surface area contributed by atoms with E-state index in [-0.39, 0.29) is 62.1 Å². The maximum Gasteiger partial charge on any atom is 0.355 e. The van der Waals surface area contributed by atoms with Crippen molar-refractivity contribution in [2.45, 2.75) is 57.9 Å². The molecule has 2 aromatic heterocycles. The fourth-order valence-corrected chi connectivity index (χ4v) is 10.7. The summed E-state index contributed by atoms with van der Waals surface area (Å²) in [5.74, 6) is -6.67. The minimum Gasteiger partial charge on any atom is -0.493 e. The van der Waals surface area contributed by atoms with E-state index in [1.165, 1.54) is 16.2 Å². The smallest absolute Gasteiger partial charge is 0.355 e. The number of carboxylic acid groups (broad SMARTS) is 1. The van der Waals surface area contributed by atoms with Gasteiger partial charge in [0.2, 0.25) is 17.7 Å². The molecule has 0 radical (unpaired) electrons. The molecule has 3 aliphatic heterocycles. The van der Waals surface area contributed by atoms with Gasteiger partial charge in [-0.1, -0.05) is 47.7 Å². The number of para-hydroxylation sites is 1. The molecule has 2 fully saturated rings. The second kappa shape index (κ2) is 21.0. The van der Waals surface area contributed by atoms with Gasteiger partial charge in [-0.15, -0.1) is 0 Å². The third kappa shape index (κ3) is 10.7. The van der Waals surface area contributed by atoms with Gasteiger partial charge in [0.05, 0.1) is 41.5 Å². The summed E-state index contributed by atoms with van der Waals surface area (Å²) in [5, 5.41) is 30.5. The van der Waals surface area contributed by atoms with Gasteiger partial charge in [0.25, 0.3) is 11.8 Å². The van der Waals surface area contributed by atoms with E-state index in [4.69, 9.17) is 10.1 Å². The molecule has 9 rings (SSSR count). The number of aromatic nitrogens is 2. The third-order valence-corrected chi connectivity index (χ3v) is 14.6. The number of carbonyl (C=O) groups excluding carboxylic acids is 4. The highest BCUT2D eigenvalue weighted by Crippen LogP contribution is 2.38. The van der Waals surface area contributed by atoms with Crippen molar-refractivity contribution in [1.82, 2.24) is 20.2 Å². The summed E-state index contributed by atoms with van der Waals surface area (Å²) in [4.78, 5) is 76.0. The van der Waals surface area contributed by atoms with Crippen molar-refractivity contribution < 1.29 is 42.6 Å². The fourth-order valence-electron chi connectivity index (χ4n) is 9.83. The minimum atomic E-state index is -3.05. The van der Waals surface area contributed by atoms with Gasteiger partial charge in [0.1, 0.15) is 11.6 Å². The molecule has 72 heavy (non-hydrogen) atoms. The van der Waals surface area contributed by atoms with Crippen LogP contribution < -0.4 is 30.9 Å². The fraction of sp³-hybridized carbons (Fsp3) is 0.321. The van der Waals surface area contributed by atoms with Gasteiger partial charge in [-0.3, -0.25) is 34.7 Å². The number of nitrogens with one attached hydrogen (secondary N) is 5. The standard InChI is InChI=1S/C53H53F2N9O7S/c1-30-34(35-17-19-44(60-48(35)51(69)70)64-24-21-31-8-5-11-36(39(31)27-64)49(67)62-52-59-40-12-3-4-14-43(40)72-52)10-6-13-42(30)71-25-7-9-32-22-23-63(29-53(32,54)55)28-46(66)58-33-15-16-37(41(26-33)57-2)47(56)38-18-20-45(65)61-50(38)68/h3-6,8,10-17,19,26,32,38,56-57H,7,9,18,20-25,27-29H2,1-2H3,(H,58,66)(H,69,70)(H,59,62,67)(H,61,65,68)/t32-,38?/m0/s1. The summed E-state index contributed by atoms with van der Waals surface area (Å²) in [6, 6.07) is 26.9. The van der Waals surface area contributed by atoms with Crippen molar-refractivity contribution in [2.24, 2.45) is 11.8 Å². The zero-order valence-electron chi connectivity index (χ0n) is 39.6. The first-order chi connectivity index (χ1) is 34.6. The molecular formula is C53H53F2N9O7S. The molecule has 19 heteroatoms. The molecule has 0 bridgehead atoms. The van der Waals surface area contributed by atoms with Crippen molar-refractivity contribution in [3.8, 4) is 16.9 Å². The van der Waals surface area contributed by atoms with Crippen LogP contribution in [0.5, 0.6) is 5.75 Å². The monoisotopic (exact) mass is 997 g/mol. The largest absolute Gasteiger partial charge is 0.493 e. The Bertz CT molecular complexity index is 3090. The van der Waals surface area contributed by atoms with Gasteiger partial charge in [0.15, 0.2) is 10.8 Å². The number of ether oxygens (including phenoxy) is 1. The zero-order valence-corrected chi connectivity index (χ0v) is 40.5. The Labute approximate surface area is 417 Å².